The van der Waals surface area contributed by atoms with Crippen molar-refractivity contribution in [2.24, 2.45) is 0 Å². The Hall–Kier alpha value is -2.99. The van der Waals surface area contributed by atoms with E-state index in [2.05, 4.69) is 10.3 Å². The first-order chi connectivity index (χ1) is 12.5. The van der Waals surface area contributed by atoms with Crippen molar-refractivity contribution in [3.05, 3.63) is 70.6 Å². The van der Waals surface area contributed by atoms with Crippen LogP contribution in [0.5, 0.6) is 0 Å². The third-order valence-electron chi connectivity index (χ3n) is 3.69. The lowest BCUT2D eigenvalue weighted by atomic mass is 10.1. The number of nitrogens with one attached hydrogen (secondary N) is 1. The van der Waals surface area contributed by atoms with E-state index in [9.17, 15) is 9.59 Å². The van der Waals surface area contributed by atoms with Crippen LogP contribution in [-0.2, 0) is 9.53 Å². The van der Waals surface area contributed by atoms with E-state index in [1.54, 1.807) is 18.2 Å². The molecule has 0 aliphatic heterocycles. The molecule has 0 radical (unpaired) electrons. The lowest BCUT2D eigenvalue weighted by Gasteiger charge is -2.05. The number of esters is 1. The number of carbonyl (C=O) groups is 2. The predicted octanol–water partition coefficient (Wildman–Crippen LogP) is 4.22. The molecule has 0 aliphatic carbocycles. The van der Waals surface area contributed by atoms with Gasteiger partial charge in [0.25, 0.3) is 5.91 Å². The van der Waals surface area contributed by atoms with E-state index in [1.807, 2.05) is 49.6 Å². The fraction of sp³-hybridized carbons (Fsp3) is 0.150. The van der Waals surface area contributed by atoms with Gasteiger partial charge in [-0.25, -0.2) is 9.78 Å². The van der Waals surface area contributed by atoms with E-state index < -0.39 is 11.9 Å². The van der Waals surface area contributed by atoms with Gasteiger partial charge in [0, 0.05) is 10.9 Å². The van der Waals surface area contributed by atoms with Crippen LogP contribution in [0.25, 0.3) is 11.3 Å². The fourth-order valence-electron chi connectivity index (χ4n) is 2.33. The molecule has 132 valence electrons. The van der Waals surface area contributed by atoms with Gasteiger partial charge in [0.2, 0.25) is 0 Å². The topological polar surface area (TPSA) is 68.3 Å². The number of thiazole rings is 1. The van der Waals surface area contributed by atoms with Crippen molar-refractivity contribution in [1.82, 2.24) is 4.98 Å². The molecule has 0 aliphatic rings. The highest BCUT2D eigenvalue weighted by atomic mass is 32.1. The van der Waals surface area contributed by atoms with Crippen LogP contribution in [0, 0.1) is 13.8 Å². The van der Waals surface area contributed by atoms with Crippen LogP contribution in [0.4, 0.5) is 5.13 Å². The molecular formula is C20H18N2O3S. The Labute approximate surface area is 155 Å². The number of hydrogen-bond donors (Lipinski definition) is 1. The molecule has 1 amide bonds. The third-order valence-corrected chi connectivity index (χ3v) is 4.44. The normalized spacial score (nSPS) is 10.4. The molecule has 0 unspecified atom stereocenters. The highest BCUT2D eigenvalue weighted by molar-refractivity contribution is 7.14. The monoisotopic (exact) mass is 366 g/mol. The summed E-state index contributed by atoms with van der Waals surface area (Å²) in [4.78, 5) is 28.3. The first-order valence-electron chi connectivity index (χ1n) is 8.07. The molecule has 0 atom stereocenters. The van der Waals surface area contributed by atoms with Crippen LogP contribution >= 0.6 is 11.3 Å². The summed E-state index contributed by atoms with van der Waals surface area (Å²) >= 11 is 1.33. The number of aromatic nitrogens is 1. The summed E-state index contributed by atoms with van der Waals surface area (Å²) in [6, 6.07) is 15.0. The number of anilines is 1. The third kappa shape index (κ3) is 4.55. The SMILES string of the molecule is Cc1ccc(-c2csc(NC(=O)COC(=O)c3cccc(C)c3)n2)cc1. The number of aryl methyl sites for hydroxylation is 2. The molecule has 3 aromatic rings. The molecule has 1 heterocycles. The van der Waals surface area contributed by atoms with Crippen molar-refractivity contribution in [2.45, 2.75) is 13.8 Å². The highest BCUT2D eigenvalue weighted by Gasteiger charge is 2.12. The van der Waals surface area contributed by atoms with Gasteiger partial charge in [-0.1, -0.05) is 47.5 Å². The second kappa shape index (κ2) is 7.93. The molecule has 0 spiro atoms. The van der Waals surface area contributed by atoms with E-state index >= 15 is 0 Å². The molecule has 6 heteroatoms. The summed E-state index contributed by atoms with van der Waals surface area (Å²) in [6.45, 7) is 3.55. The van der Waals surface area contributed by atoms with Crippen molar-refractivity contribution in [1.29, 1.82) is 0 Å². The van der Waals surface area contributed by atoms with Gasteiger partial charge in [-0.2, -0.15) is 0 Å². The molecular weight excluding hydrogens is 348 g/mol. The van der Waals surface area contributed by atoms with Gasteiger partial charge in [-0.3, -0.25) is 10.1 Å². The lowest BCUT2D eigenvalue weighted by molar-refractivity contribution is -0.119. The highest BCUT2D eigenvalue weighted by Crippen LogP contribution is 2.25. The summed E-state index contributed by atoms with van der Waals surface area (Å²) in [6.07, 6.45) is 0. The Morgan fingerprint density at radius 2 is 1.85 bits per heavy atom. The first-order valence-corrected chi connectivity index (χ1v) is 8.95. The Kier molecular flexibility index (Phi) is 5.43. The maximum atomic E-state index is 12.0. The second-order valence-electron chi connectivity index (χ2n) is 5.90. The van der Waals surface area contributed by atoms with Crippen molar-refractivity contribution >= 4 is 28.3 Å². The number of ether oxygens (including phenoxy) is 1. The van der Waals surface area contributed by atoms with Crippen LogP contribution in [0.3, 0.4) is 0 Å². The Morgan fingerprint density at radius 3 is 2.58 bits per heavy atom. The largest absolute Gasteiger partial charge is 0.452 e. The van der Waals surface area contributed by atoms with Crippen LogP contribution < -0.4 is 5.32 Å². The van der Waals surface area contributed by atoms with E-state index in [0.29, 0.717) is 10.7 Å². The average molecular weight is 366 g/mol. The summed E-state index contributed by atoms with van der Waals surface area (Å²) < 4.78 is 5.05. The number of hydrogen-bond acceptors (Lipinski definition) is 5. The number of rotatable bonds is 5. The van der Waals surface area contributed by atoms with Gasteiger partial charge < -0.3 is 4.74 Å². The number of amides is 1. The molecule has 26 heavy (non-hydrogen) atoms. The maximum absolute atomic E-state index is 12.0. The number of carbonyl (C=O) groups excluding carboxylic acids is 2. The standard InChI is InChI=1S/C20H18N2O3S/c1-13-6-8-15(9-7-13)17-12-26-20(21-17)22-18(23)11-25-19(24)16-5-3-4-14(2)10-16/h3-10,12H,11H2,1-2H3,(H,21,22,23). The summed E-state index contributed by atoms with van der Waals surface area (Å²) in [5.41, 5.74) is 4.33. The van der Waals surface area contributed by atoms with Crippen LogP contribution in [0.1, 0.15) is 21.5 Å². The molecule has 5 nitrogen and oxygen atoms in total. The first kappa shape index (κ1) is 17.8. The fourth-order valence-corrected chi connectivity index (χ4v) is 3.07. The Balaban J connectivity index is 1.55. The molecule has 2 aromatic carbocycles. The minimum atomic E-state index is -0.525. The predicted molar refractivity (Wildman–Crippen MR) is 102 cm³/mol. The van der Waals surface area contributed by atoms with Crippen molar-refractivity contribution < 1.29 is 14.3 Å². The second-order valence-corrected chi connectivity index (χ2v) is 6.76. The lowest BCUT2D eigenvalue weighted by Crippen LogP contribution is -2.20. The molecule has 1 aromatic heterocycles. The van der Waals surface area contributed by atoms with Gasteiger partial charge >= 0.3 is 5.97 Å². The molecule has 1 N–H and O–H groups in total. The summed E-state index contributed by atoms with van der Waals surface area (Å²) in [7, 11) is 0. The number of nitrogens with zero attached hydrogens (tertiary/aromatic N) is 1. The van der Waals surface area contributed by atoms with Gasteiger partial charge in [0.1, 0.15) is 0 Å². The van der Waals surface area contributed by atoms with E-state index in [-0.39, 0.29) is 6.61 Å². The van der Waals surface area contributed by atoms with Crippen molar-refractivity contribution in [2.75, 3.05) is 11.9 Å². The zero-order valence-corrected chi connectivity index (χ0v) is 15.3. The zero-order valence-electron chi connectivity index (χ0n) is 14.5. The smallest absolute Gasteiger partial charge is 0.338 e. The molecule has 0 saturated heterocycles. The van der Waals surface area contributed by atoms with Gasteiger partial charge in [-0.05, 0) is 26.0 Å². The van der Waals surface area contributed by atoms with Gasteiger partial charge in [-0.15, -0.1) is 11.3 Å². The van der Waals surface area contributed by atoms with E-state index in [1.165, 1.54) is 16.9 Å². The van der Waals surface area contributed by atoms with Crippen molar-refractivity contribution in [3.63, 3.8) is 0 Å². The Bertz CT molecular complexity index is 932. The van der Waals surface area contributed by atoms with Gasteiger partial charge in [0.15, 0.2) is 11.7 Å². The maximum Gasteiger partial charge on any atom is 0.338 e. The molecule has 0 bridgehead atoms. The van der Waals surface area contributed by atoms with Crippen LogP contribution in [0.2, 0.25) is 0 Å². The minimum absolute atomic E-state index is 0.355. The van der Waals surface area contributed by atoms with Crippen LogP contribution in [-0.4, -0.2) is 23.5 Å². The molecule has 0 fully saturated rings. The quantitative estimate of drug-likeness (QED) is 0.687. The summed E-state index contributed by atoms with van der Waals surface area (Å²) in [5, 5.41) is 5.00. The summed E-state index contributed by atoms with van der Waals surface area (Å²) in [5.74, 6) is -0.945. The van der Waals surface area contributed by atoms with E-state index in [4.69, 9.17) is 4.74 Å². The van der Waals surface area contributed by atoms with Crippen LogP contribution in [0.15, 0.2) is 53.9 Å². The zero-order chi connectivity index (χ0) is 18.5. The minimum Gasteiger partial charge on any atom is -0.452 e. The molecule has 3 rings (SSSR count). The Morgan fingerprint density at radius 1 is 1.08 bits per heavy atom. The molecule has 0 saturated carbocycles. The van der Waals surface area contributed by atoms with E-state index in [0.717, 1.165) is 16.8 Å². The number of benzene rings is 2. The van der Waals surface area contributed by atoms with Gasteiger partial charge in [0.05, 0.1) is 11.3 Å². The average Bonchev–Trinajstić information content (AvgIpc) is 3.08. The van der Waals surface area contributed by atoms with Crippen molar-refractivity contribution in [3.8, 4) is 11.3 Å².